The minimum atomic E-state index is 0.184. The molecule has 4 nitrogen and oxygen atoms in total. The Hall–Kier alpha value is -1.19. The van der Waals surface area contributed by atoms with Crippen LogP contribution in [0.3, 0.4) is 0 Å². The highest BCUT2D eigenvalue weighted by molar-refractivity contribution is 5.79. The molecule has 1 heterocycles. The molecule has 0 N–H and O–H groups in total. The Balaban J connectivity index is 1.93. The van der Waals surface area contributed by atoms with E-state index in [2.05, 4.69) is 10.1 Å². The van der Waals surface area contributed by atoms with E-state index in [-0.39, 0.29) is 5.78 Å². The summed E-state index contributed by atoms with van der Waals surface area (Å²) in [6.45, 7) is 2.00. The predicted octanol–water partition coefficient (Wildman–Crippen LogP) is 2.64. The van der Waals surface area contributed by atoms with Crippen LogP contribution in [-0.4, -0.2) is 15.9 Å². The standard InChI is InChI=1S/C12H18N2O2/c1-2-5-10(15)8-11-13-12(14-16-11)9-6-3-4-7-9/h9H,2-8H2,1H3. The molecular weight excluding hydrogens is 204 g/mol. The van der Waals surface area contributed by atoms with E-state index in [1.54, 1.807) is 0 Å². The first-order valence-electron chi connectivity index (χ1n) is 6.13. The molecule has 0 radical (unpaired) electrons. The van der Waals surface area contributed by atoms with Crippen LogP contribution in [-0.2, 0) is 11.2 Å². The van der Waals surface area contributed by atoms with Crippen molar-refractivity contribution in [2.45, 2.75) is 57.8 Å². The van der Waals surface area contributed by atoms with Crippen LogP contribution in [0.4, 0.5) is 0 Å². The van der Waals surface area contributed by atoms with Crippen molar-refractivity contribution < 1.29 is 9.32 Å². The molecule has 0 amide bonds. The summed E-state index contributed by atoms with van der Waals surface area (Å²) >= 11 is 0. The number of rotatable bonds is 5. The van der Waals surface area contributed by atoms with E-state index in [1.165, 1.54) is 12.8 Å². The van der Waals surface area contributed by atoms with Gasteiger partial charge in [-0.3, -0.25) is 4.79 Å². The van der Waals surface area contributed by atoms with Gasteiger partial charge < -0.3 is 4.52 Å². The van der Waals surface area contributed by atoms with Gasteiger partial charge >= 0.3 is 0 Å². The smallest absolute Gasteiger partial charge is 0.234 e. The van der Waals surface area contributed by atoms with E-state index in [4.69, 9.17) is 4.52 Å². The van der Waals surface area contributed by atoms with E-state index in [0.29, 0.717) is 24.7 Å². The minimum Gasteiger partial charge on any atom is -0.339 e. The van der Waals surface area contributed by atoms with Crippen LogP contribution >= 0.6 is 0 Å². The minimum absolute atomic E-state index is 0.184. The third-order valence-electron chi connectivity index (χ3n) is 3.08. The van der Waals surface area contributed by atoms with Crippen molar-refractivity contribution in [3.63, 3.8) is 0 Å². The predicted molar refractivity (Wildman–Crippen MR) is 59.1 cm³/mol. The summed E-state index contributed by atoms with van der Waals surface area (Å²) in [7, 11) is 0. The summed E-state index contributed by atoms with van der Waals surface area (Å²) in [4.78, 5) is 15.7. The van der Waals surface area contributed by atoms with Crippen molar-refractivity contribution in [3.8, 4) is 0 Å². The molecule has 4 heteroatoms. The summed E-state index contributed by atoms with van der Waals surface area (Å²) in [5.74, 6) is 1.93. The van der Waals surface area contributed by atoms with Crippen molar-refractivity contribution in [2.75, 3.05) is 0 Å². The van der Waals surface area contributed by atoms with Gasteiger partial charge in [0.1, 0.15) is 5.78 Å². The second-order valence-corrected chi connectivity index (χ2v) is 4.49. The largest absolute Gasteiger partial charge is 0.339 e. The maximum absolute atomic E-state index is 11.4. The summed E-state index contributed by atoms with van der Waals surface area (Å²) in [6, 6.07) is 0. The highest BCUT2D eigenvalue weighted by Crippen LogP contribution is 2.32. The lowest BCUT2D eigenvalue weighted by atomic mass is 10.1. The lowest BCUT2D eigenvalue weighted by Gasteiger charge is -1.99. The van der Waals surface area contributed by atoms with Gasteiger partial charge in [-0.15, -0.1) is 0 Å². The molecule has 1 aromatic heterocycles. The van der Waals surface area contributed by atoms with Gasteiger partial charge in [-0.25, -0.2) is 0 Å². The SMILES string of the molecule is CCCC(=O)Cc1nc(C2CCCC2)no1. The van der Waals surface area contributed by atoms with E-state index >= 15 is 0 Å². The lowest BCUT2D eigenvalue weighted by molar-refractivity contribution is -0.118. The van der Waals surface area contributed by atoms with E-state index in [9.17, 15) is 4.79 Å². The molecule has 1 fully saturated rings. The molecule has 88 valence electrons. The fourth-order valence-corrected chi connectivity index (χ4v) is 2.23. The summed E-state index contributed by atoms with van der Waals surface area (Å²) in [6.07, 6.45) is 6.59. The van der Waals surface area contributed by atoms with Crippen molar-refractivity contribution in [1.82, 2.24) is 10.1 Å². The fraction of sp³-hybridized carbons (Fsp3) is 0.750. The first-order chi connectivity index (χ1) is 7.79. The van der Waals surface area contributed by atoms with Crippen LogP contribution in [0.2, 0.25) is 0 Å². The normalized spacial score (nSPS) is 16.8. The van der Waals surface area contributed by atoms with E-state index in [0.717, 1.165) is 25.1 Å². The average Bonchev–Trinajstić information content (AvgIpc) is 2.86. The molecule has 2 rings (SSSR count). The highest BCUT2D eigenvalue weighted by atomic mass is 16.5. The molecule has 1 aliphatic rings. The molecule has 0 atom stereocenters. The van der Waals surface area contributed by atoms with Gasteiger partial charge in [0.15, 0.2) is 5.82 Å². The number of carbonyl (C=O) groups is 1. The average molecular weight is 222 g/mol. The third kappa shape index (κ3) is 2.68. The van der Waals surface area contributed by atoms with Gasteiger partial charge in [-0.05, 0) is 19.3 Å². The lowest BCUT2D eigenvalue weighted by Crippen LogP contribution is -2.02. The number of hydrogen-bond acceptors (Lipinski definition) is 4. The maximum atomic E-state index is 11.4. The zero-order valence-electron chi connectivity index (χ0n) is 9.74. The summed E-state index contributed by atoms with van der Waals surface area (Å²) in [5.41, 5.74) is 0. The van der Waals surface area contributed by atoms with Gasteiger partial charge in [-0.2, -0.15) is 4.98 Å². The van der Waals surface area contributed by atoms with Crippen molar-refractivity contribution in [3.05, 3.63) is 11.7 Å². The van der Waals surface area contributed by atoms with Gasteiger partial charge in [-0.1, -0.05) is 24.9 Å². The van der Waals surface area contributed by atoms with Crippen LogP contribution in [0.25, 0.3) is 0 Å². The first kappa shape index (κ1) is 11.3. The molecular formula is C12H18N2O2. The monoisotopic (exact) mass is 222 g/mol. The summed E-state index contributed by atoms with van der Waals surface area (Å²) in [5, 5.41) is 3.97. The van der Waals surface area contributed by atoms with E-state index in [1.807, 2.05) is 6.92 Å². The van der Waals surface area contributed by atoms with Gasteiger partial charge in [0.25, 0.3) is 0 Å². The van der Waals surface area contributed by atoms with Crippen LogP contribution in [0.1, 0.15) is 63.1 Å². The Morgan fingerprint density at radius 3 is 2.88 bits per heavy atom. The molecule has 0 spiro atoms. The number of hydrogen-bond donors (Lipinski definition) is 0. The van der Waals surface area contributed by atoms with E-state index < -0.39 is 0 Å². The zero-order valence-corrected chi connectivity index (χ0v) is 9.74. The molecule has 1 saturated carbocycles. The highest BCUT2D eigenvalue weighted by Gasteiger charge is 2.22. The van der Waals surface area contributed by atoms with Gasteiger partial charge in [0, 0.05) is 12.3 Å². The molecule has 0 unspecified atom stereocenters. The van der Waals surface area contributed by atoms with Crippen LogP contribution in [0.15, 0.2) is 4.52 Å². The maximum Gasteiger partial charge on any atom is 0.234 e. The third-order valence-corrected chi connectivity index (χ3v) is 3.08. The Morgan fingerprint density at radius 2 is 2.19 bits per heavy atom. The van der Waals surface area contributed by atoms with Crippen LogP contribution in [0, 0.1) is 0 Å². The Kier molecular flexibility index (Phi) is 3.70. The van der Waals surface area contributed by atoms with Crippen LogP contribution < -0.4 is 0 Å². The number of carbonyl (C=O) groups excluding carboxylic acids is 1. The Labute approximate surface area is 95.4 Å². The molecule has 0 aliphatic heterocycles. The second kappa shape index (κ2) is 5.23. The topological polar surface area (TPSA) is 56.0 Å². The molecule has 1 aliphatic carbocycles. The second-order valence-electron chi connectivity index (χ2n) is 4.49. The zero-order chi connectivity index (χ0) is 11.4. The summed E-state index contributed by atoms with van der Waals surface area (Å²) < 4.78 is 5.11. The number of Topliss-reactive ketones (excluding diaryl/α,β-unsaturated/α-hetero) is 1. The number of nitrogens with zero attached hydrogens (tertiary/aromatic N) is 2. The number of ketones is 1. The van der Waals surface area contributed by atoms with Crippen molar-refractivity contribution in [2.24, 2.45) is 0 Å². The number of aromatic nitrogens is 2. The first-order valence-corrected chi connectivity index (χ1v) is 6.13. The Bertz CT molecular complexity index is 354. The fourth-order valence-electron chi connectivity index (χ4n) is 2.23. The van der Waals surface area contributed by atoms with Gasteiger partial charge in [0.2, 0.25) is 5.89 Å². The quantitative estimate of drug-likeness (QED) is 0.768. The van der Waals surface area contributed by atoms with Crippen molar-refractivity contribution in [1.29, 1.82) is 0 Å². The molecule has 1 aromatic rings. The van der Waals surface area contributed by atoms with Crippen LogP contribution in [0.5, 0.6) is 0 Å². The van der Waals surface area contributed by atoms with Crippen molar-refractivity contribution >= 4 is 5.78 Å². The molecule has 0 bridgehead atoms. The molecule has 0 saturated heterocycles. The molecule has 0 aromatic carbocycles. The van der Waals surface area contributed by atoms with Gasteiger partial charge in [0.05, 0.1) is 6.42 Å². The Morgan fingerprint density at radius 1 is 1.44 bits per heavy atom. The molecule has 16 heavy (non-hydrogen) atoms.